The molecule has 0 radical (unpaired) electrons. The highest BCUT2D eigenvalue weighted by Crippen LogP contribution is 2.22. The van der Waals surface area contributed by atoms with Gasteiger partial charge in [0.15, 0.2) is 0 Å². The van der Waals surface area contributed by atoms with Crippen molar-refractivity contribution in [2.45, 2.75) is 32.2 Å². The van der Waals surface area contributed by atoms with E-state index >= 15 is 0 Å². The van der Waals surface area contributed by atoms with E-state index in [4.69, 9.17) is 5.73 Å². The highest BCUT2D eigenvalue weighted by Gasteiger charge is 2.12. The van der Waals surface area contributed by atoms with Gasteiger partial charge in [0.2, 0.25) is 0 Å². The first-order valence-corrected chi connectivity index (χ1v) is 6.29. The van der Waals surface area contributed by atoms with Gasteiger partial charge in [-0.15, -0.1) is 11.3 Å². The van der Waals surface area contributed by atoms with Gasteiger partial charge in [0.1, 0.15) is 5.82 Å². The van der Waals surface area contributed by atoms with Crippen LogP contribution in [0.2, 0.25) is 0 Å². The maximum Gasteiger partial charge on any atom is 0.106 e. The lowest BCUT2D eigenvalue weighted by Crippen LogP contribution is -2.32. The number of hydrogen-bond donors (Lipinski definition) is 2. The molecule has 4 heteroatoms. The summed E-state index contributed by atoms with van der Waals surface area (Å²) < 4.78 is 0. The molecule has 3 N–H and O–H groups in total. The Kier molecular flexibility index (Phi) is 3.12. The highest BCUT2D eigenvalue weighted by atomic mass is 32.1. The second-order valence-electron chi connectivity index (χ2n) is 4.71. The molecule has 0 aliphatic carbocycles. The van der Waals surface area contributed by atoms with E-state index < -0.39 is 0 Å². The molecule has 3 nitrogen and oxygen atoms in total. The minimum atomic E-state index is -0.129. The maximum atomic E-state index is 5.95. The average Bonchev–Trinajstić information content (AvgIpc) is 2.84. The van der Waals surface area contributed by atoms with E-state index in [0.29, 0.717) is 0 Å². The lowest BCUT2D eigenvalue weighted by Gasteiger charge is -2.16. The standard InChI is InChI=1S/C12H17N3S/c1-12(2,13)6-5-11-14-8-9(15-11)10-4-3-7-16-10/h3-4,7-8H,5-6,13H2,1-2H3,(H,14,15). The molecule has 0 aliphatic rings. The van der Waals surface area contributed by atoms with Crippen molar-refractivity contribution in [1.29, 1.82) is 0 Å². The zero-order valence-electron chi connectivity index (χ0n) is 9.66. The first kappa shape index (κ1) is 11.4. The third-order valence-electron chi connectivity index (χ3n) is 2.42. The molecule has 2 aromatic rings. The summed E-state index contributed by atoms with van der Waals surface area (Å²) in [6, 6.07) is 4.14. The van der Waals surface area contributed by atoms with Gasteiger partial charge >= 0.3 is 0 Å². The molecular weight excluding hydrogens is 218 g/mol. The zero-order valence-corrected chi connectivity index (χ0v) is 10.5. The molecule has 0 amide bonds. The fourth-order valence-electron chi connectivity index (χ4n) is 1.49. The fraction of sp³-hybridized carbons (Fsp3) is 0.417. The van der Waals surface area contributed by atoms with Crippen LogP contribution in [0.1, 0.15) is 26.1 Å². The fourth-order valence-corrected chi connectivity index (χ4v) is 2.18. The van der Waals surface area contributed by atoms with Crippen LogP contribution in [0, 0.1) is 0 Å². The molecule has 0 saturated carbocycles. The number of aryl methyl sites for hydroxylation is 1. The molecule has 0 saturated heterocycles. The van der Waals surface area contributed by atoms with Gasteiger partial charge in [-0.2, -0.15) is 0 Å². The summed E-state index contributed by atoms with van der Waals surface area (Å²) in [4.78, 5) is 8.93. The summed E-state index contributed by atoms with van der Waals surface area (Å²) in [7, 11) is 0. The van der Waals surface area contributed by atoms with Crippen LogP contribution in [0.3, 0.4) is 0 Å². The number of H-pyrrole nitrogens is 1. The van der Waals surface area contributed by atoms with E-state index in [9.17, 15) is 0 Å². The van der Waals surface area contributed by atoms with Crippen LogP contribution >= 0.6 is 11.3 Å². The Morgan fingerprint density at radius 3 is 2.94 bits per heavy atom. The van der Waals surface area contributed by atoms with E-state index in [1.54, 1.807) is 11.3 Å². The third-order valence-corrected chi connectivity index (χ3v) is 3.32. The van der Waals surface area contributed by atoms with Crippen molar-refractivity contribution in [3.63, 3.8) is 0 Å². The SMILES string of the molecule is CC(C)(N)CCc1ncc(-c2cccs2)[nH]1. The van der Waals surface area contributed by atoms with Crippen LogP contribution in [0.15, 0.2) is 23.7 Å². The molecule has 0 unspecified atom stereocenters. The predicted octanol–water partition coefficient (Wildman–Crippen LogP) is 2.81. The molecule has 86 valence electrons. The van der Waals surface area contributed by atoms with E-state index in [-0.39, 0.29) is 5.54 Å². The summed E-state index contributed by atoms with van der Waals surface area (Å²) in [5.74, 6) is 1.02. The Morgan fingerprint density at radius 1 is 1.50 bits per heavy atom. The second kappa shape index (κ2) is 4.39. The maximum absolute atomic E-state index is 5.95. The quantitative estimate of drug-likeness (QED) is 0.856. The van der Waals surface area contributed by atoms with Crippen LogP contribution in [0.4, 0.5) is 0 Å². The Balaban J connectivity index is 2.03. The van der Waals surface area contributed by atoms with E-state index in [2.05, 4.69) is 21.4 Å². The molecule has 0 spiro atoms. The number of nitrogens with one attached hydrogen (secondary N) is 1. The number of aromatic amines is 1. The smallest absolute Gasteiger partial charge is 0.106 e. The highest BCUT2D eigenvalue weighted by molar-refractivity contribution is 7.13. The van der Waals surface area contributed by atoms with Gasteiger partial charge < -0.3 is 10.7 Å². The number of nitrogens with two attached hydrogens (primary N) is 1. The molecule has 2 rings (SSSR count). The predicted molar refractivity (Wildman–Crippen MR) is 68.5 cm³/mol. The van der Waals surface area contributed by atoms with Crippen LogP contribution in [-0.2, 0) is 6.42 Å². The van der Waals surface area contributed by atoms with Crippen molar-refractivity contribution < 1.29 is 0 Å². The van der Waals surface area contributed by atoms with Crippen molar-refractivity contribution in [2.24, 2.45) is 5.73 Å². The van der Waals surface area contributed by atoms with E-state index in [1.165, 1.54) is 4.88 Å². The topological polar surface area (TPSA) is 54.7 Å². The minimum Gasteiger partial charge on any atom is -0.341 e. The van der Waals surface area contributed by atoms with Gasteiger partial charge in [0.05, 0.1) is 16.8 Å². The first-order chi connectivity index (χ1) is 7.54. The molecule has 0 fully saturated rings. The van der Waals surface area contributed by atoms with Gasteiger partial charge in [0, 0.05) is 12.0 Å². The largest absolute Gasteiger partial charge is 0.341 e. The van der Waals surface area contributed by atoms with Crippen molar-refractivity contribution >= 4 is 11.3 Å². The summed E-state index contributed by atoms with van der Waals surface area (Å²) >= 11 is 1.72. The summed E-state index contributed by atoms with van der Waals surface area (Å²) in [6.45, 7) is 4.08. The zero-order chi connectivity index (χ0) is 11.6. The Bertz CT molecular complexity index is 437. The number of thiophene rings is 1. The lowest BCUT2D eigenvalue weighted by molar-refractivity contribution is 0.472. The summed E-state index contributed by atoms with van der Waals surface area (Å²) in [5.41, 5.74) is 6.91. The van der Waals surface area contributed by atoms with Gasteiger partial charge in [0.25, 0.3) is 0 Å². The number of hydrogen-bond acceptors (Lipinski definition) is 3. The third kappa shape index (κ3) is 2.93. The molecule has 2 aromatic heterocycles. The van der Waals surface area contributed by atoms with E-state index in [0.717, 1.165) is 24.4 Å². The number of rotatable bonds is 4. The molecule has 0 atom stereocenters. The average molecular weight is 235 g/mol. The minimum absolute atomic E-state index is 0.129. The van der Waals surface area contributed by atoms with Gasteiger partial charge in [-0.1, -0.05) is 6.07 Å². The Hall–Kier alpha value is -1.13. The second-order valence-corrected chi connectivity index (χ2v) is 5.66. The molecule has 0 aliphatic heterocycles. The van der Waals surface area contributed by atoms with Crippen molar-refractivity contribution in [1.82, 2.24) is 9.97 Å². The number of imidazole rings is 1. The molecular formula is C12H17N3S. The summed E-state index contributed by atoms with van der Waals surface area (Å²) in [5, 5.41) is 2.07. The van der Waals surface area contributed by atoms with E-state index in [1.807, 2.05) is 26.1 Å². The normalized spacial score (nSPS) is 11.9. The summed E-state index contributed by atoms with van der Waals surface area (Å²) in [6.07, 6.45) is 3.73. The van der Waals surface area contributed by atoms with Crippen molar-refractivity contribution in [3.8, 4) is 10.6 Å². The van der Waals surface area contributed by atoms with Crippen molar-refractivity contribution in [2.75, 3.05) is 0 Å². The molecule has 0 aromatic carbocycles. The number of aromatic nitrogens is 2. The van der Waals surface area contributed by atoms with Gasteiger partial charge in [-0.25, -0.2) is 4.98 Å². The van der Waals surface area contributed by atoms with Crippen LogP contribution in [0.5, 0.6) is 0 Å². The van der Waals surface area contributed by atoms with Gasteiger partial charge in [-0.05, 0) is 31.7 Å². The molecule has 2 heterocycles. The monoisotopic (exact) mass is 235 g/mol. The molecule has 0 bridgehead atoms. The molecule has 16 heavy (non-hydrogen) atoms. The van der Waals surface area contributed by atoms with Crippen molar-refractivity contribution in [3.05, 3.63) is 29.5 Å². The first-order valence-electron chi connectivity index (χ1n) is 5.41. The Labute approximate surface area is 99.7 Å². The lowest BCUT2D eigenvalue weighted by atomic mass is 10.0. The number of nitrogens with zero attached hydrogens (tertiary/aromatic N) is 1. The van der Waals surface area contributed by atoms with Crippen LogP contribution in [0.25, 0.3) is 10.6 Å². The Morgan fingerprint density at radius 2 is 2.31 bits per heavy atom. The van der Waals surface area contributed by atoms with Crippen LogP contribution < -0.4 is 5.73 Å². The van der Waals surface area contributed by atoms with Crippen LogP contribution in [-0.4, -0.2) is 15.5 Å². The van der Waals surface area contributed by atoms with Gasteiger partial charge in [-0.3, -0.25) is 0 Å².